The van der Waals surface area contributed by atoms with Crippen LogP contribution in [0.15, 0.2) is 0 Å². The van der Waals surface area contributed by atoms with E-state index in [0.717, 1.165) is 26.1 Å². The van der Waals surface area contributed by atoms with Crippen molar-refractivity contribution < 1.29 is 4.74 Å². The molecule has 1 aliphatic carbocycles. The van der Waals surface area contributed by atoms with Gasteiger partial charge in [-0.2, -0.15) is 0 Å². The molecule has 0 aromatic rings. The molecule has 2 nitrogen and oxygen atoms in total. The van der Waals surface area contributed by atoms with Gasteiger partial charge in [0.15, 0.2) is 0 Å². The van der Waals surface area contributed by atoms with Crippen molar-refractivity contribution in [3.63, 3.8) is 0 Å². The van der Waals surface area contributed by atoms with Crippen LogP contribution in [0.2, 0.25) is 5.31 Å². The molecule has 0 N–H and O–H groups in total. The Balaban J connectivity index is 2.04. The molecule has 1 heterocycles. The number of hydrogen-bond acceptors (Lipinski definition) is 2. The molecule has 1 saturated heterocycles. The van der Waals surface area contributed by atoms with E-state index in [4.69, 9.17) is 12.6 Å². The zero-order valence-electron chi connectivity index (χ0n) is 11.8. The fourth-order valence-electron chi connectivity index (χ4n) is 3.55. The Bertz CT molecular complexity index is 275. The highest BCUT2D eigenvalue weighted by atomic mass is 16.5. The maximum absolute atomic E-state index is 6.34. The van der Waals surface area contributed by atoms with Crippen LogP contribution in [-0.4, -0.2) is 44.6 Å². The lowest BCUT2D eigenvalue weighted by atomic mass is 9.64. The molecule has 0 amide bonds. The molecule has 2 rings (SSSR count). The van der Waals surface area contributed by atoms with Crippen LogP contribution in [0.1, 0.15) is 46.5 Å². The number of rotatable bonds is 2. The van der Waals surface area contributed by atoms with Gasteiger partial charge in [0, 0.05) is 6.04 Å². The SMILES string of the molecule is [B]C1(C)CCCC(N(C)C2(C)COC2)[C@@H](C)C1. The smallest absolute Gasteiger partial charge is 0.0742 e. The molecule has 1 saturated carbocycles. The third-order valence-electron chi connectivity index (χ3n) is 4.87. The lowest BCUT2D eigenvalue weighted by Crippen LogP contribution is -2.62. The molecule has 0 aromatic carbocycles. The second-order valence-electron chi connectivity index (χ2n) is 6.90. The van der Waals surface area contributed by atoms with Crippen molar-refractivity contribution in [3.05, 3.63) is 0 Å². The molecule has 96 valence electrons. The number of hydrogen-bond donors (Lipinski definition) is 0. The summed E-state index contributed by atoms with van der Waals surface area (Å²) in [5.41, 5.74) is 0.258. The average molecular weight is 235 g/mol. The molecular formula is C14H26BNO. The minimum atomic E-state index is 0.0338. The van der Waals surface area contributed by atoms with E-state index >= 15 is 0 Å². The van der Waals surface area contributed by atoms with E-state index in [2.05, 4.69) is 32.7 Å². The van der Waals surface area contributed by atoms with Crippen LogP contribution in [0.3, 0.4) is 0 Å². The van der Waals surface area contributed by atoms with Crippen molar-refractivity contribution in [2.24, 2.45) is 5.92 Å². The normalized spacial score (nSPS) is 41.9. The van der Waals surface area contributed by atoms with E-state index in [1.807, 2.05) is 0 Å². The Labute approximate surface area is 107 Å². The lowest BCUT2D eigenvalue weighted by Gasteiger charge is -2.50. The highest BCUT2D eigenvalue weighted by Gasteiger charge is 2.43. The van der Waals surface area contributed by atoms with Crippen molar-refractivity contribution in [3.8, 4) is 0 Å². The summed E-state index contributed by atoms with van der Waals surface area (Å²) < 4.78 is 5.39. The van der Waals surface area contributed by atoms with Gasteiger partial charge in [0.2, 0.25) is 0 Å². The Morgan fingerprint density at radius 2 is 1.94 bits per heavy atom. The molecule has 17 heavy (non-hydrogen) atoms. The van der Waals surface area contributed by atoms with Gasteiger partial charge < -0.3 is 4.74 Å². The second-order valence-corrected chi connectivity index (χ2v) is 6.90. The maximum atomic E-state index is 6.34. The molecule has 2 unspecified atom stereocenters. The molecule has 0 aromatic heterocycles. The van der Waals surface area contributed by atoms with E-state index in [1.54, 1.807) is 0 Å². The van der Waals surface area contributed by atoms with Gasteiger partial charge in [0.1, 0.15) is 0 Å². The number of nitrogens with zero attached hydrogens (tertiary/aromatic N) is 1. The fraction of sp³-hybridized carbons (Fsp3) is 1.00. The monoisotopic (exact) mass is 235 g/mol. The van der Waals surface area contributed by atoms with Gasteiger partial charge in [-0.25, -0.2) is 0 Å². The minimum absolute atomic E-state index is 0.0338. The highest BCUT2D eigenvalue weighted by Crippen LogP contribution is 2.43. The van der Waals surface area contributed by atoms with Crippen LogP contribution >= 0.6 is 0 Å². The van der Waals surface area contributed by atoms with Crippen LogP contribution in [-0.2, 0) is 4.74 Å². The van der Waals surface area contributed by atoms with E-state index in [0.29, 0.717) is 12.0 Å². The molecule has 2 fully saturated rings. The lowest BCUT2D eigenvalue weighted by molar-refractivity contribution is -0.140. The van der Waals surface area contributed by atoms with Gasteiger partial charge in [-0.05, 0) is 26.3 Å². The Kier molecular flexibility index (Phi) is 3.62. The number of likely N-dealkylation sites (N-methyl/N-ethyl adjacent to an activating group) is 1. The fourth-order valence-corrected chi connectivity index (χ4v) is 3.55. The molecule has 3 heteroatoms. The summed E-state index contributed by atoms with van der Waals surface area (Å²) in [5, 5.41) is 0.0338. The predicted octanol–water partition coefficient (Wildman–Crippen LogP) is 2.63. The molecule has 3 atom stereocenters. The Hall–Kier alpha value is -0.0151. The highest BCUT2D eigenvalue weighted by molar-refractivity contribution is 6.14. The van der Waals surface area contributed by atoms with E-state index in [1.165, 1.54) is 12.8 Å². The Morgan fingerprint density at radius 3 is 2.47 bits per heavy atom. The molecular weight excluding hydrogens is 209 g/mol. The second kappa shape index (κ2) is 4.58. The maximum Gasteiger partial charge on any atom is 0.0742 e. The summed E-state index contributed by atoms with van der Waals surface area (Å²) >= 11 is 0. The summed E-state index contributed by atoms with van der Waals surface area (Å²) in [5.74, 6) is 0.676. The molecule has 2 aliphatic rings. The number of ether oxygens (including phenoxy) is 1. The molecule has 0 bridgehead atoms. The zero-order valence-corrected chi connectivity index (χ0v) is 11.8. The van der Waals surface area contributed by atoms with E-state index in [9.17, 15) is 0 Å². The van der Waals surface area contributed by atoms with Crippen molar-refractivity contribution in [2.75, 3.05) is 20.3 Å². The van der Waals surface area contributed by atoms with Gasteiger partial charge in [0.05, 0.1) is 26.6 Å². The van der Waals surface area contributed by atoms with Crippen LogP contribution in [0, 0.1) is 5.92 Å². The largest absolute Gasteiger partial charge is 0.377 e. The van der Waals surface area contributed by atoms with Crippen molar-refractivity contribution >= 4 is 7.85 Å². The van der Waals surface area contributed by atoms with Crippen molar-refractivity contribution in [1.82, 2.24) is 4.90 Å². The van der Waals surface area contributed by atoms with Gasteiger partial charge in [0.25, 0.3) is 0 Å². The van der Waals surface area contributed by atoms with Gasteiger partial charge in [-0.1, -0.05) is 38.4 Å². The van der Waals surface area contributed by atoms with E-state index < -0.39 is 0 Å². The van der Waals surface area contributed by atoms with Gasteiger partial charge in [-0.15, -0.1) is 0 Å². The van der Waals surface area contributed by atoms with Crippen molar-refractivity contribution in [2.45, 2.75) is 63.3 Å². The van der Waals surface area contributed by atoms with E-state index in [-0.39, 0.29) is 10.9 Å². The summed E-state index contributed by atoms with van der Waals surface area (Å²) in [6, 6.07) is 0.661. The Morgan fingerprint density at radius 1 is 1.29 bits per heavy atom. The van der Waals surface area contributed by atoms with Gasteiger partial charge in [-0.3, -0.25) is 4.90 Å². The predicted molar refractivity (Wildman–Crippen MR) is 72.5 cm³/mol. The first-order valence-electron chi connectivity index (χ1n) is 6.94. The summed E-state index contributed by atoms with van der Waals surface area (Å²) in [6.45, 7) is 8.65. The van der Waals surface area contributed by atoms with Crippen LogP contribution in [0.25, 0.3) is 0 Å². The minimum Gasteiger partial charge on any atom is -0.377 e. The third kappa shape index (κ3) is 2.71. The summed E-state index contributed by atoms with van der Waals surface area (Å²) in [6.07, 6.45) is 4.83. The summed E-state index contributed by atoms with van der Waals surface area (Å²) in [7, 11) is 8.61. The first-order chi connectivity index (χ1) is 7.84. The summed E-state index contributed by atoms with van der Waals surface area (Å²) in [4.78, 5) is 2.56. The third-order valence-corrected chi connectivity index (χ3v) is 4.87. The first kappa shape index (κ1) is 13.4. The standard InChI is InChI=1S/C14H26BNO/c1-11-8-13(2,15)7-5-6-12(11)16(4)14(3)9-17-10-14/h11-12H,5-10H2,1-4H3/t11-,12?,13?/m0/s1. The molecule has 1 aliphatic heterocycles. The topological polar surface area (TPSA) is 12.5 Å². The first-order valence-corrected chi connectivity index (χ1v) is 6.94. The van der Waals surface area contributed by atoms with Crippen molar-refractivity contribution in [1.29, 1.82) is 0 Å². The van der Waals surface area contributed by atoms with Crippen LogP contribution in [0.5, 0.6) is 0 Å². The molecule has 0 spiro atoms. The van der Waals surface area contributed by atoms with Crippen LogP contribution < -0.4 is 0 Å². The van der Waals surface area contributed by atoms with Gasteiger partial charge >= 0.3 is 0 Å². The van der Waals surface area contributed by atoms with Crippen LogP contribution in [0.4, 0.5) is 0 Å². The quantitative estimate of drug-likeness (QED) is 0.539. The molecule has 2 radical (unpaired) electrons. The zero-order chi connectivity index (χ0) is 12.7. The average Bonchev–Trinajstić information content (AvgIpc) is 2.31.